The molecule has 1 unspecified atom stereocenters. The van der Waals surface area contributed by atoms with Gasteiger partial charge in [0.15, 0.2) is 6.61 Å². The molecule has 1 amide bonds. The smallest absolute Gasteiger partial charge is 0.262 e. The molecular formula is C16H23N3O5S. The Kier molecular flexibility index (Phi) is 5.16. The maximum atomic E-state index is 13.3. The average molecular weight is 369 g/mol. The molecule has 8 nitrogen and oxygen atoms in total. The summed E-state index contributed by atoms with van der Waals surface area (Å²) in [5.41, 5.74) is 0.414. The first-order valence-corrected chi connectivity index (χ1v) is 9.78. The van der Waals surface area contributed by atoms with Crippen molar-refractivity contribution in [3.8, 4) is 11.5 Å². The van der Waals surface area contributed by atoms with E-state index in [-0.39, 0.29) is 29.2 Å². The van der Waals surface area contributed by atoms with E-state index in [1.807, 2.05) is 6.92 Å². The second kappa shape index (κ2) is 7.19. The number of amides is 1. The summed E-state index contributed by atoms with van der Waals surface area (Å²) in [6.07, 6.45) is 1.49. The van der Waals surface area contributed by atoms with Gasteiger partial charge < -0.3 is 20.1 Å². The zero-order valence-electron chi connectivity index (χ0n) is 14.4. The number of hydrogen-bond acceptors (Lipinski definition) is 6. The van der Waals surface area contributed by atoms with Crippen LogP contribution in [0, 0.1) is 0 Å². The van der Waals surface area contributed by atoms with Crippen LogP contribution in [-0.2, 0) is 14.8 Å². The first-order valence-electron chi connectivity index (χ1n) is 8.34. The minimum atomic E-state index is -3.76. The third kappa shape index (κ3) is 3.44. The van der Waals surface area contributed by atoms with Crippen molar-refractivity contribution in [3.05, 3.63) is 12.1 Å². The summed E-state index contributed by atoms with van der Waals surface area (Å²) in [7, 11) is -2.35. The number of sulfonamides is 1. The number of ether oxygens (including phenoxy) is 2. The van der Waals surface area contributed by atoms with Crippen LogP contribution in [0.15, 0.2) is 17.0 Å². The highest BCUT2D eigenvalue weighted by Crippen LogP contribution is 2.39. The highest BCUT2D eigenvalue weighted by molar-refractivity contribution is 7.89. The van der Waals surface area contributed by atoms with E-state index in [4.69, 9.17) is 9.47 Å². The highest BCUT2D eigenvalue weighted by Gasteiger charge is 2.35. The molecule has 1 atom stereocenters. The molecule has 1 aromatic carbocycles. The SMILES string of the molecule is CCCN(C1CCNC1)S(=O)(=O)c1cc2c(cc1OC)NC(=O)CO2. The molecule has 1 fully saturated rings. The van der Waals surface area contributed by atoms with Crippen LogP contribution in [-0.4, -0.2) is 58.0 Å². The minimum Gasteiger partial charge on any atom is -0.495 e. The van der Waals surface area contributed by atoms with E-state index in [1.165, 1.54) is 19.2 Å². The van der Waals surface area contributed by atoms with E-state index in [0.29, 0.717) is 24.5 Å². The molecule has 9 heteroatoms. The van der Waals surface area contributed by atoms with Crippen LogP contribution < -0.4 is 20.1 Å². The minimum absolute atomic E-state index is 0.0604. The van der Waals surface area contributed by atoms with Crippen LogP contribution in [0.3, 0.4) is 0 Å². The quantitative estimate of drug-likeness (QED) is 0.769. The summed E-state index contributed by atoms with van der Waals surface area (Å²) in [5, 5.41) is 5.87. The van der Waals surface area contributed by atoms with Crippen LogP contribution in [0.25, 0.3) is 0 Å². The summed E-state index contributed by atoms with van der Waals surface area (Å²) in [5.74, 6) is 0.242. The number of hydrogen-bond donors (Lipinski definition) is 2. The lowest BCUT2D eigenvalue weighted by molar-refractivity contribution is -0.118. The first kappa shape index (κ1) is 18.0. The van der Waals surface area contributed by atoms with Crippen molar-refractivity contribution in [1.82, 2.24) is 9.62 Å². The normalized spacial score (nSPS) is 20.1. The number of nitrogens with one attached hydrogen (secondary N) is 2. The maximum Gasteiger partial charge on any atom is 0.262 e. The monoisotopic (exact) mass is 369 g/mol. The number of benzene rings is 1. The molecule has 2 N–H and O–H groups in total. The Hall–Kier alpha value is -1.84. The first-order chi connectivity index (χ1) is 12.0. The van der Waals surface area contributed by atoms with E-state index in [2.05, 4.69) is 10.6 Å². The fourth-order valence-corrected chi connectivity index (χ4v) is 5.08. The van der Waals surface area contributed by atoms with Gasteiger partial charge in [0, 0.05) is 31.3 Å². The zero-order valence-corrected chi connectivity index (χ0v) is 15.2. The van der Waals surface area contributed by atoms with Gasteiger partial charge >= 0.3 is 0 Å². The summed E-state index contributed by atoms with van der Waals surface area (Å²) in [4.78, 5) is 11.5. The van der Waals surface area contributed by atoms with Gasteiger partial charge in [0.1, 0.15) is 16.4 Å². The van der Waals surface area contributed by atoms with Crippen molar-refractivity contribution in [2.75, 3.05) is 38.7 Å². The maximum absolute atomic E-state index is 13.3. The lowest BCUT2D eigenvalue weighted by Crippen LogP contribution is -2.42. The summed E-state index contributed by atoms with van der Waals surface area (Å²) < 4.78 is 38.8. The molecule has 0 radical (unpaired) electrons. The van der Waals surface area contributed by atoms with Gasteiger partial charge in [-0.15, -0.1) is 0 Å². The van der Waals surface area contributed by atoms with Gasteiger partial charge in [-0.05, 0) is 19.4 Å². The number of rotatable bonds is 6. The van der Waals surface area contributed by atoms with Gasteiger partial charge in [-0.25, -0.2) is 8.42 Å². The highest BCUT2D eigenvalue weighted by atomic mass is 32.2. The molecule has 138 valence electrons. The Balaban J connectivity index is 2.04. The molecule has 25 heavy (non-hydrogen) atoms. The topological polar surface area (TPSA) is 97.0 Å². The van der Waals surface area contributed by atoms with Crippen molar-refractivity contribution in [2.45, 2.75) is 30.7 Å². The third-order valence-corrected chi connectivity index (χ3v) is 6.34. The molecular weight excluding hydrogens is 346 g/mol. The fourth-order valence-electron chi connectivity index (χ4n) is 3.18. The molecule has 0 aliphatic carbocycles. The van der Waals surface area contributed by atoms with Crippen LogP contribution in [0.2, 0.25) is 0 Å². The van der Waals surface area contributed by atoms with Gasteiger partial charge in [0.05, 0.1) is 12.8 Å². The molecule has 1 aromatic rings. The zero-order chi connectivity index (χ0) is 18.0. The standard InChI is InChI=1S/C16H23N3O5S/c1-3-6-19(11-4-5-17-9-11)25(21,22)15-8-13-12(7-14(15)23-2)18-16(20)10-24-13/h7-8,11,17H,3-6,9-10H2,1-2H3,(H,18,20). The van der Waals surface area contributed by atoms with Crippen LogP contribution in [0.5, 0.6) is 11.5 Å². The number of carbonyl (C=O) groups excluding carboxylic acids is 1. The second-order valence-corrected chi connectivity index (χ2v) is 7.96. The Morgan fingerprint density at radius 2 is 2.20 bits per heavy atom. The summed E-state index contributed by atoms with van der Waals surface area (Å²) in [6, 6.07) is 2.86. The number of fused-ring (bicyclic) bond motifs is 1. The van der Waals surface area contributed by atoms with E-state index in [0.717, 1.165) is 19.4 Å². The van der Waals surface area contributed by atoms with Gasteiger partial charge in [0.25, 0.3) is 5.91 Å². The Labute approximate surface area is 147 Å². The number of carbonyl (C=O) groups is 1. The third-order valence-electron chi connectivity index (χ3n) is 4.37. The molecule has 2 aliphatic heterocycles. The lowest BCUT2D eigenvalue weighted by atomic mass is 10.2. The van der Waals surface area contributed by atoms with E-state index in [1.54, 1.807) is 4.31 Å². The Bertz CT molecular complexity index is 759. The number of nitrogens with zero attached hydrogens (tertiary/aromatic N) is 1. The van der Waals surface area contributed by atoms with Gasteiger partial charge in [-0.3, -0.25) is 4.79 Å². The predicted molar refractivity (Wildman–Crippen MR) is 92.6 cm³/mol. The molecule has 0 saturated carbocycles. The van der Waals surface area contributed by atoms with Crippen LogP contribution in [0.1, 0.15) is 19.8 Å². The second-order valence-electron chi connectivity index (χ2n) is 6.10. The van der Waals surface area contributed by atoms with Gasteiger partial charge in [-0.1, -0.05) is 6.92 Å². The van der Waals surface area contributed by atoms with E-state index in [9.17, 15) is 13.2 Å². The van der Waals surface area contributed by atoms with Crippen molar-refractivity contribution in [1.29, 1.82) is 0 Å². The fraction of sp³-hybridized carbons (Fsp3) is 0.562. The van der Waals surface area contributed by atoms with Crippen LogP contribution in [0.4, 0.5) is 5.69 Å². The van der Waals surface area contributed by atoms with Crippen molar-refractivity contribution < 1.29 is 22.7 Å². The van der Waals surface area contributed by atoms with Crippen molar-refractivity contribution in [2.24, 2.45) is 0 Å². The van der Waals surface area contributed by atoms with E-state index >= 15 is 0 Å². The molecule has 0 aromatic heterocycles. The van der Waals surface area contributed by atoms with Crippen molar-refractivity contribution >= 4 is 21.6 Å². The summed E-state index contributed by atoms with van der Waals surface area (Å²) in [6.45, 7) is 3.69. The largest absolute Gasteiger partial charge is 0.495 e. The average Bonchev–Trinajstić information content (AvgIpc) is 3.12. The summed E-state index contributed by atoms with van der Waals surface area (Å²) >= 11 is 0. The van der Waals surface area contributed by atoms with Crippen molar-refractivity contribution in [3.63, 3.8) is 0 Å². The van der Waals surface area contributed by atoms with Gasteiger partial charge in [-0.2, -0.15) is 4.31 Å². The molecule has 3 rings (SSSR count). The van der Waals surface area contributed by atoms with Crippen LogP contribution >= 0.6 is 0 Å². The number of anilines is 1. The molecule has 2 aliphatic rings. The molecule has 0 bridgehead atoms. The predicted octanol–water partition coefficient (Wildman–Crippen LogP) is 0.789. The Morgan fingerprint density at radius 3 is 2.84 bits per heavy atom. The number of methoxy groups -OCH3 is 1. The molecule has 1 saturated heterocycles. The lowest BCUT2D eigenvalue weighted by Gasteiger charge is -2.28. The molecule has 0 spiro atoms. The Morgan fingerprint density at radius 1 is 1.40 bits per heavy atom. The van der Waals surface area contributed by atoms with E-state index < -0.39 is 10.0 Å². The molecule has 2 heterocycles. The van der Waals surface area contributed by atoms with Gasteiger partial charge in [0.2, 0.25) is 10.0 Å².